The largest absolute Gasteiger partial charge is 0.349 e. The standard InChI is InChI=1S/C19H27N3O2/c20-16-8-4-7-15(13-16)19(24)22-11-9-17(10-12-22)21-18(23)14-5-2-1-3-6-14/h1-3,5-6,15-17H,4,7-13,20H2,(H,21,23). The summed E-state index contributed by atoms with van der Waals surface area (Å²) in [5, 5.41) is 3.08. The van der Waals surface area contributed by atoms with Crippen LogP contribution in [-0.4, -0.2) is 41.9 Å². The second-order valence-electron chi connectivity index (χ2n) is 7.06. The molecule has 1 saturated carbocycles. The van der Waals surface area contributed by atoms with Crippen molar-refractivity contribution < 1.29 is 9.59 Å². The number of amides is 2. The SMILES string of the molecule is NC1CCCC(C(=O)N2CCC(NC(=O)c3ccccc3)CC2)C1. The zero-order valence-electron chi connectivity index (χ0n) is 14.1. The first-order valence-corrected chi connectivity index (χ1v) is 9.04. The molecule has 3 N–H and O–H groups in total. The van der Waals surface area contributed by atoms with Gasteiger partial charge in [-0.25, -0.2) is 0 Å². The minimum absolute atomic E-state index is 0.0290. The van der Waals surface area contributed by atoms with Crippen molar-refractivity contribution >= 4 is 11.8 Å². The van der Waals surface area contributed by atoms with Crippen LogP contribution in [0.25, 0.3) is 0 Å². The minimum Gasteiger partial charge on any atom is -0.349 e. The summed E-state index contributed by atoms with van der Waals surface area (Å²) in [6.45, 7) is 1.45. The van der Waals surface area contributed by atoms with Crippen LogP contribution in [0.5, 0.6) is 0 Å². The maximum absolute atomic E-state index is 12.6. The van der Waals surface area contributed by atoms with Crippen LogP contribution < -0.4 is 11.1 Å². The van der Waals surface area contributed by atoms with Crippen molar-refractivity contribution in [3.05, 3.63) is 35.9 Å². The van der Waals surface area contributed by atoms with E-state index in [1.165, 1.54) is 0 Å². The van der Waals surface area contributed by atoms with Crippen molar-refractivity contribution in [3.8, 4) is 0 Å². The van der Waals surface area contributed by atoms with Gasteiger partial charge in [0.15, 0.2) is 0 Å². The van der Waals surface area contributed by atoms with E-state index in [0.717, 1.165) is 51.6 Å². The third-order valence-corrected chi connectivity index (χ3v) is 5.24. The van der Waals surface area contributed by atoms with E-state index in [0.29, 0.717) is 5.56 Å². The lowest BCUT2D eigenvalue weighted by Gasteiger charge is -2.36. The molecule has 5 heteroatoms. The summed E-state index contributed by atoms with van der Waals surface area (Å²) in [5.74, 6) is 0.334. The van der Waals surface area contributed by atoms with Gasteiger partial charge in [0.2, 0.25) is 5.91 Å². The number of nitrogens with two attached hydrogens (primary N) is 1. The molecule has 130 valence electrons. The Morgan fingerprint density at radius 2 is 1.75 bits per heavy atom. The van der Waals surface area contributed by atoms with Gasteiger partial charge in [-0.05, 0) is 44.2 Å². The van der Waals surface area contributed by atoms with Gasteiger partial charge in [0.1, 0.15) is 0 Å². The van der Waals surface area contributed by atoms with Gasteiger partial charge in [0.25, 0.3) is 5.91 Å². The molecule has 2 atom stereocenters. The van der Waals surface area contributed by atoms with Gasteiger partial charge >= 0.3 is 0 Å². The maximum Gasteiger partial charge on any atom is 0.251 e. The first-order valence-electron chi connectivity index (χ1n) is 9.04. The van der Waals surface area contributed by atoms with Gasteiger partial charge in [-0.1, -0.05) is 24.6 Å². The molecule has 1 aromatic carbocycles. The number of hydrogen-bond acceptors (Lipinski definition) is 3. The first kappa shape index (κ1) is 17.0. The molecule has 2 aliphatic rings. The normalized spacial score (nSPS) is 25.3. The molecule has 5 nitrogen and oxygen atoms in total. The zero-order chi connectivity index (χ0) is 16.9. The predicted molar refractivity (Wildman–Crippen MR) is 93.4 cm³/mol. The number of piperidine rings is 1. The Bertz CT molecular complexity index is 567. The second kappa shape index (κ2) is 7.79. The van der Waals surface area contributed by atoms with Gasteiger partial charge in [-0.2, -0.15) is 0 Å². The summed E-state index contributed by atoms with van der Waals surface area (Å²) < 4.78 is 0. The van der Waals surface area contributed by atoms with Crippen LogP contribution >= 0.6 is 0 Å². The van der Waals surface area contributed by atoms with Crippen molar-refractivity contribution in [1.29, 1.82) is 0 Å². The third kappa shape index (κ3) is 4.15. The number of benzene rings is 1. The number of nitrogens with one attached hydrogen (secondary N) is 1. The molecule has 1 saturated heterocycles. The fourth-order valence-electron chi connectivity index (χ4n) is 3.81. The molecule has 3 rings (SSSR count). The highest BCUT2D eigenvalue weighted by molar-refractivity contribution is 5.94. The molecule has 0 radical (unpaired) electrons. The molecule has 1 aliphatic carbocycles. The highest BCUT2D eigenvalue weighted by atomic mass is 16.2. The number of hydrogen-bond donors (Lipinski definition) is 2. The fourth-order valence-corrected chi connectivity index (χ4v) is 3.81. The Kier molecular flexibility index (Phi) is 5.51. The van der Waals surface area contributed by atoms with Gasteiger partial charge in [-0.3, -0.25) is 9.59 Å². The Hall–Kier alpha value is -1.88. The van der Waals surface area contributed by atoms with Crippen LogP contribution in [-0.2, 0) is 4.79 Å². The van der Waals surface area contributed by atoms with Crippen LogP contribution in [0.2, 0.25) is 0 Å². The summed E-state index contributed by atoms with van der Waals surface area (Å²) in [4.78, 5) is 26.8. The molecule has 1 aliphatic heterocycles. The van der Waals surface area contributed by atoms with Crippen LogP contribution in [0.1, 0.15) is 48.9 Å². The monoisotopic (exact) mass is 329 g/mol. The Balaban J connectivity index is 1.47. The summed E-state index contributed by atoms with van der Waals surface area (Å²) in [5.41, 5.74) is 6.69. The summed E-state index contributed by atoms with van der Waals surface area (Å²) in [6.07, 6.45) is 5.53. The quantitative estimate of drug-likeness (QED) is 0.890. The smallest absolute Gasteiger partial charge is 0.251 e. The predicted octanol–water partition coefficient (Wildman–Crippen LogP) is 1.92. The van der Waals surface area contributed by atoms with Crippen LogP contribution in [0.4, 0.5) is 0 Å². The number of rotatable bonds is 3. The highest BCUT2D eigenvalue weighted by Crippen LogP contribution is 2.26. The molecular formula is C19H27N3O2. The van der Waals surface area contributed by atoms with E-state index in [1.807, 2.05) is 35.2 Å². The molecule has 0 aromatic heterocycles. The van der Waals surface area contributed by atoms with Crippen LogP contribution in [0, 0.1) is 5.92 Å². The van der Waals surface area contributed by atoms with E-state index in [-0.39, 0.29) is 29.8 Å². The van der Waals surface area contributed by atoms with Crippen molar-refractivity contribution in [3.63, 3.8) is 0 Å². The third-order valence-electron chi connectivity index (χ3n) is 5.24. The fraction of sp³-hybridized carbons (Fsp3) is 0.579. The van der Waals surface area contributed by atoms with Crippen LogP contribution in [0.15, 0.2) is 30.3 Å². The van der Waals surface area contributed by atoms with E-state index < -0.39 is 0 Å². The molecule has 24 heavy (non-hydrogen) atoms. The lowest BCUT2D eigenvalue weighted by Crippen LogP contribution is -2.49. The number of carbonyl (C=O) groups excluding carboxylic acids is 2. The highest BCUT2D eigenvalue weighted by Gasteiger charge is 2.31. The topological polar surface area (TPSA) is 75.4 Å². The second-order valence-corrected chi connectivity index (χ2v) is 7.06. The van der Waals surface area contributed by atoms with Crippen molar-refractivity contribution in [2.75, 3.05) is 13.1 Å². The average molecular weight is 329 g/mol. The number of likely N-dealkylation sites (tertiary alicyclic amines) is 1. The summed E-state index contributed by atoms with van der Waals surface area (Å²) in [6, 6.07) is 9.60. The van der Waals surface area contributed by atoms with E-state index >= 15 is 0 Å². The molecule has 1 heterocycles. The van der Waals surface area contributed by atoms with E-state index in [4.69, 9.17) is 5.73 Å². The number of carbonyl (C=O) groups is 2. The minimum atomic E-state index is -0.0290. The molecule has 0 bridgehead atoms. The van der Waals surface area contributed by atoms with Crippen molar-refractivity contribution in [1.82, 2.24) is 10.2 Å². The number of nitrogens with zero attached hydrogens (tertiary/aromatic N) is 1. The zero-order valence-corrected chi connectivity index (χ0v) is 14.1. The Morgan fingerprint density at radius 3 is 2.42 bits per heavy atom. The Morgan fingerprint density at radius 1 is 1.04 bits per heavy atom. The molecule has 1 aromatic rings. The van der Waals surface area contributed by atoms with E-state index in [9.17, 15) is 9.59 Å². The van der Waals surface area contributed by atoms with Gasteiger partial charge in [0.05, 0.1) is 0 Å². The summed E-state index contributed by atoms with van der Waals surface area (Å²) in [7, 11) is 0. The lowest BCUT2D eigenvalue weighted by molar-refractivity contribution is -0.137. The van der Waals surface area contributed by atoms with Crippen LogP contribution in [0.3, 0.4) is 0 Å². The molecule has 0 spiro atoms. The first-order chi connectivity index (χ1) is 11.6. The Labute approximate surface area is 143 Å². The van der Waals surface area contributed by atoms with E-state index in [2.05, 4.69) is 5.32 Å². The molecular weight excluding hydrogens is 302 g/mol. The van der Waals surface area contributed by atoms with E-state index in [1.54, 1.807) is 0 Å². The van der Waals surface area contributed by atoms with Gasteiger partial charge in [0, 0.05) is 36.7 Å². The molecule has 2 unspecified atom stereocenters. The lowest BCUT2D eigenvalue weighted by atomic mass is 9.85. The molecule has 2 fully saturated rings. The van der Waals surface area contributed by atoms with Gasteiger partial charge < -0.3 is 16.0 Å². The van der Waals surface area contributed by atoms with Crippen molar-refractivity contribution in [2.45, 2.75) is 50.6 Å². The maximum atomic E-state index is 12.6. The van der Waals surface area contributed by atoms with Gasteiger partial charge in [-0.15, -0.1) is 0 Å². The van der Waals surface area contributed by atoms with Crippen molar-refractivity contribution in [2.24, 2.45) is 11.7 Å². The molecule has 2 amide bonds. The average Bonchev–Trinajstić information content (AvgIpc) is 2.62. The summed E-state index contributed by atoms with van der Waals surface area (Å²) >= 11 is 0.